The first-order chi connectivity index (χ1) is 12.8. The quantitative estimate of drug-likeness (QED) is 0.525. The van der Waals surface area contributed by atoms with Crippen LogP contribution in [0.5, 0.6) is 0 Å². The molecule has 0 saturated heterocycles. The summed E-state index contributed by atoms with van der Waals surface area (Å²) >= 11 is 0. The molecule has 1 saturated carbocycles. The summed E-state index contributed by atoms with van der Waals surface area (Å²) in [6.45, 7) is 4.99. The zero-order chi connectivity index (χ0) is 20.6. The average Bonchev–Trinajstić information content (AvgIpc) is 2.66. The van der Waals surface area contributed by atoms with Crippen LogP contribution in [0.3, 0.4) is 0 Å². The van der Waals surface area contributed by atoms with E-state index < -0.39 is 53.4 Å². The molecular weight excluding hydrogens is 348 g/mol. The third-order valence-corrected chi connectivity index (χ3v) is 5.02. The molecule has 3 N–H and O–H groups in total. The molecule has 6 nitrogen and oxygen atoms in total. The van der Waals surface area contributed by atoms with Crippen LogP contribution in [-0.2, 0) is 14.4 Å². The molecule has 3 atom stereocenters. The van der Waals surface area contributed by atoms with E-state index in [4.69, 9.17) is 0 Å². The minimum absolute atomic E-state index is 0.260. The summed E-state index contributed by atoms with van der Waals surface area (Å²) in [4.78, 5) is 36.2. The Morgan fingerprint density at radius 1 is 0.630 bits per heavy atom. The van der Waals surface area contributed by atoms with Crippen molar-refractivity contribution < 1.29 is 29.7 Å². The van der Waals surface area contributed by atoms with Crippen molar-refractivity contribution in [1.82, 2.24) is 0 Å². The maximum Gasteiger partial charge on any atom is 0.184 e. The zero-order valence-electron chi connectivity index (χ0n) is 16.1. The second kappa shape index (κ2) is 11.1. The monoisotopic (exact) mass is 378 g/mol. The van der Waals surface area contributed by atoms with Gasteiger partial charge in [-0.2, -0.15) is 0 Å². The third kappa shape index (κ3) is 6.34. The normalized spacial score (nSPS) is 27.1. The molecule has 150 valence electrons. The second-order valence-corrected chi connectivity index (χ2v) is 7.03. The highest BCUT2D eigenvalue weighted by atomic mass is 16.3. The summed E-state index contributed by atoms with van der Waals surface area (Å²) in [5.41, 5.74) is 0. The van der Waals surface area contributed by atoms with Crippen molar-refractivity contribution in [1.29, 1.82) is 0 Å². The minimum Gasteiger partial charge on any atom is -0.385 e. The number of allylic oxidation sites excluding steroid dienone is 3. The van der Waals surface area contributed by atoms with Crippen molar-refractivity contribution in [2.75, 3.05) is 0 Å². The van der Waals surface area contributed by atoms with Gasteiger partial charge in [-0.15, -0.1) is 0 Å². The maximum absolute atomic E-state index is 12.1. The van der Waals surface area contributed by atoms with Gasteiger partial charge in [-0.3, -0.25) is 14.4 Å². The van der Waals surface area contributed by atoms with Crippen LogP contribution in [0.2, 0.25) is 0 Å². The topological polar surface area (TPSA) is 112 Å². The van der Waals surface area contributed by atoms with Gasteiger partial charge in [0.1, 0.15) is 18.3 Å². The summed E-state index contributed by atoms with van der Waals surface area (Å²) in [5, 5.41) is 31.2. The van der Waals surface area contributed by atoms with Gasteiger partial charge in [-0.05, 0) is 76.0 Å². The van der Waals surface area contributed by atoms with Crippen LogP contribution in [0.4, 0.5) is 0 Å². The van der Waals surface area contributed by atoms with Crippen molar-refractivity contribution in [2.24, 2.45) is 17.8 Å². The summed E-state index contributed by atoms with van der Waals surface area (Å²) < 4.78 is 0. The first-order valence-corrected chi connectivity index (χ1v) is 9.30. The number of carbonyl (C=O) groups is 3. The Kier molecular flexibility index (Phi) is 9.49. The summed E-state index contributed by atoms with van der Waals surface area (Å²) in [6, 6.07) is 0. The first-order valence-electron chi connectivity index (χ1n) is 9.30. The van der Waals surface area contributed by atoms with E-state index in [0.717, 1.165) is 0 Å². The molecule has 6 heteroatoms. The predicted octanol–water partition coefficient (Wildman–Crippen LogP) is 1.54. The van der Waals surface area contributed by atoms with Gasteiger partial charge in [0.05, 0.1) is 0 Å². The van der Waals surface area contributed by atoms with E-state index in [1.165, 1.54) is 36.5 Å². The van der Waals surface area contributed by atoms with Gasteiger partial charge in [0.25, 0.3) is 0 Å². The molecule has 0 aromatic carbocycles. The summed E-state index contributed by atoms with van der Waals surface area (Å²) in [7, 11) is 0. The van der Waals surface area contributed by atoms with Crippen molar-refractivity contribution in [3.8, 4) is 0 Å². The molecule has 3 unspecified atom stereocenters. The lowest BCUT2D eigenvalue weighted by Crippen LogP contribution is -2.44. The van der Waals surface area contributed by atoms with Gasteiger partial charge < -0.3 is 15.3 Å². The second-order valence-electron chi connectivity index (χ2n) is 7.03. The number of aliphatic hydroxyl groups excluding tert-OH is 3. The van der Waals surface area contributed by atoms with Crippen molar-refractivity contribution in [2.45, 2.75) is 58.3 Å². The van der Waals surface area contributed by atoms with E-state index in [1.54, 1.807) is 20.8 Å². The Labute approximate surface area is 160 Å². The molecule has 1 fully saturated rings. The lowest BCUT2D eigenvalue weighted by Gasteiger charge is -2.39. The maximum atomic E-state index is 12.1. The van der Waals surface area contributed by atoms with Gasteiger partial charge >= 0.3 is 0 Å². The van der Waals surface area contributed by atoms with E-state index in [0.29, 0.717) is 0 Å². The van der Waals surface area contributed by atoms with Crippen LogP contribution in [0.15, 0.2) is 36.5 Å². The first kappa shape index (κ1) is 23.1. The fourth-order valence-corrected chi connectivity index (χ4v) is 3.71. The van der Waals surface area contributed by atoms with E-state index in [9.17, 15) is 29.7 Å². The zero-order valence-corrected chi connectivity index (χ0v) is 16.1. The Morgan fingerprint density at radius 3 is 1.04 bits per heavy atom. The fourth-order valence-electron chi connectivity index (χ4n) is 3.71. The summed E-state index contributed by atoms with van der Waals surface area (Å²) in [5.74, 6) is -3.07. The Morgan fingerprint density at radius 2 is 0.852 bits per heavy atom. The number of hydrogen-bond acceptors (Lipinski definition) is 6. The number of ketones is 3. The predicted molar refractivity (Wildman–Crippen MR) is 102 cm³/mol. The Hall–Kier alpha value is -1.89. The molecule has 0 amide bonds. The number of carbonyl (C=O) groups excluding carboxylic acids is 3. The van der Waals surface area contributed by atoms with Crippen LogP contribution < -0.4 is 0 Å². The SMILES string of the molecule is CC=CC(=O)C(O)C1CC(C(O)C(=O)C=CC)CC(C(O)C(=O)C=CC)C1. The Bertz CT molecular complexity index is 527. The molecule has 1 aliphatic carbocycles. The number of rotatable bonds is 9. The molecule has 0 bridgehead atoms. The van der Waals surface area contributed by atoms with Gasteiger partial charge in [-0.1, -0.05) is 18.2 Å². The van der Waals surface area contributed by atoms with Gasteiger partial charge in [-0.25, -0.2) is 0 Å². The molecule has 0 spiro atoms. The van der Waals surface area contributed by atoms with Crippen molar-refractivity contribution >= 4 is 17.3 Å². The van der Waals surface area contributed by atoms with E-state index in [2.05, 4.69) is 0 Å². The Balaban J connectivity index is 3.09. The summed E-state index contributed by atoms with van der Waals surface area (Å²) in [6.07, 6.45) is 5.25. The lowest BCUT2D eigenvalue weighted by atomic mass is 9.68. The molecule has 0 aromatic rings. The van der Waals surface area contributed by atoms with Gasteiger partial charge in [0, 0.05) is 0 Å². The molecule has 0 radical (unpaired) electrons. The average molecular weight is 378 g/mol. The standard InChI is InChI=1S/C21H30O6/c1-4-7-16(22)19(25)13-10-14(20(26)17(23)8-5-2)12-15(11-13)21(27)18(24)9-6-3/h4-9,13-15,19-21,25-27H,10-12H2,1-3H3. The van der Waals surface area contributed by atoms with Gasteiger partial charge in [0.2, 0.25) is 0 Å². The highest BCUT2D eigenvalue weighted by molar-refractivity contribution is 5.95. The third-order valence-electron chi connectivity index (χ3n) is 5.02. The van der Waals surface area contributed by atoms with Crippen molar-refractivity contribution in [3.05, 3.63) is 36.5 Å². The molecule has 1 rings (SSSR count). The highest BCUT2D eigenvalue weighted by Crippen LogP contribution is 2.39. The van der Waals surface area contributed by atoms with Gasteiger partial charge in [0.15, 0.2) is 17.3 Å². The van der Waals surface area contributed by atoms with Crippen LogP contribution in [0.25, 0.3) is 0 Å². The van der Waals surface area contributed by atoms with E-state index in [1.807, 2.05) is 0 Å². The number of hydrogen-bond donors (Lipinski definition) is 3. The van der Waals surface area contributed by atoms with Crippen LogP contribution >= 0.6 is 0 Å². The van der Waals surface area contributed by atoms with Crippen LogP contribution in [-0.4, -0.2) is 51.0 Å². The molecule has 0 aromatic heterocycles. The molecule has 27 heavy (non-hydrogen) atoms. The molecule has 0 aliphatic heterocycles. The van der Waals surface area contributed by atoms with Crippen molar-refractivity contribution in [3.63, 3.8) is 0 Å². The van der Waals surface area contributed by atoms with Crippen LogP contribution in [0.1, 0.15) is 40.0 Å². The molecule has 0 heterocycles. The lowest BCUT2D eigenvalue weighted by molar-refractivity contribution is -0.134. The van der Waals surface area contributed by atoms with Crippen LogP contribution in [0, 0.1) is 17.8 Å². The molecular formula is C21H30O6. The fraction of sp³-hybridized carbons (Fsp3) is 0.571. The number of aliphatic hydroxyl groups is 3. The van der Waals surface area contributed by atoms with E-state index >= 15 is 0 Å². The molecule has 1 aliphatic rings. The highest BCUT2D eigenvalue weighted by Gasteiger charge is 2.42. The minimum atomic E-state index is -1.31. The largest absolute Gasteiger partial charge is 0.385 e. The smallest absolute Gasteiger partial charge is 0.184 e. The van der Waals surface area contributed by atoms with E-state index in [-0.39, 0.29) is 19.3 Å².